The van der Waals surface area contributed by atoms with Gasteiger partial charge in [-0.1, -0.05) is 12.1 Å². The Morgan fingerprint density at radius 3 is 2.86 bits per heavy atom. The normalized spacial score (nSPS) is 14.6. The number of fused-ring (bicyclic) bond motifs is 1. The number of anilines is 1. The number of nitrogens with one attached hydrogen (secondary N) is 1. The zero-order valence-electron chi connectivity index (χ0n) is 7.15. The van der Waals surface area contributed by atoms with Gasteiger partial charge in [0.2, 0.25) is 0 Å². The summed E-state index contributed by atoms with van der Waals surface area (Å²) in [5.41, 5.74) is 6.47. The SMILES string of the molecule is NC(=O)C1=C(O)c2ccccc2NS1. The fourth-order valence-corrected chi connectivity index (χ4v) is 1.92. The van der Waals surface area contributed by atoms with E-state index in [4.69, 9.17) is 5.73 Å². The lowest BCUT2D eigenvalue weighted by Crippen LogP contribution is -2.17. The molecule has 72 valence electrons. The van der Waals surface area contributed by atoms with Crippen LogP contribution in [0.4, 0.5) is 5.69 Å². The summed E-state index contributed by atoms with van der Waals surface area (Å²) in [5.74, 6) is -0.689. The number of benzene rings is 1. The van der Waals surface area contributed by atoms with Crippen molar-refractivity contribution in [1.29, 1.82) is 0 Å². The Bertz CT molecular complexity index is 429. The smallest absolute Gasteiger partial charge is 0.260 e. The largest absolute Gasteiger partial charge is 0.506 e. The zero-order chi connectivity index (χ0) is 10.1. The maximum absolute atomic E-state index is 10.9. The van der Waals surface area contributed by atoms with Crippen LogP contribution in [0, 0.1) is 0 Å². The average Bonchev–Trinajstić information content (AvgIpc) is 2.18. The first kappa shape index (κ1) is 8.96. The molecule has 0 atom stereocenters. The van der Waals surface area contributed by atoms with Crippen LogP contribution in [0.25, 0.3) is 5.76 Å². The summed E-state index contributed by atoms with van der Waals surface area (Å²) < 4.78 is 2.92. The van der Waals surface area contributed by atoms with Crippen molar-refractivity contribution >= 4 is 29.3 Å². The Labute approximate surface area is 84.9 Å². The van der Waals surface area contributed by atoms with Gasteiger partial charge in [-0.15, -0.1) is 0 Å². The lowest BCUT2D eigenvalue weighted by atomic mass is 10.1. The fourth-order valence-electron chi connectivity index (χ4n) is 1.22. The monoisotopic (exact) mass is 208 g/mol. The number of primary amides is 1. The van der Waals surface area contributed by atoms with Crippen LogP contribution in [-0.4, -0.2) is 11.0 Å². The van der Waals surface area contributed by atoms with Gasteiger partial charge in [0, 0.05) is 5.56 Å². The van der Waals surface area contributed by atoms with Crippen LogP contribution in [0.3, 0.4) is 0 Å². The van der Waals surface area contributed by atoms with E-state index >= 15 is 0 Å². The van der Waals surface area contributed by atoms with Crippen molar-refractivity contribution in [3.05, 3.63) is 34.7 Å². The van der Waals surface area contributed by atoms with Crippen LogP contribution in [0.1, 0.15) is 5.56 Å². The number of hydrogen-bond acceptors (Lipinski definition) is 4. The van der Waals surface area contributed by atoms with Crippen molar-refractivity contribution in [2.75, 3.05) is 4.72 Å². The molecule has 4 N–H and O–H groups in total. The first-order chi connectivity index (χ1) is 6.70. The minimum Gasteiger partial charge on any atom is -0.506 e. The van der Waals surface area contributed by atoms with Crippen LogP contribution >= 0.6 is 11.9 Å². The lowest BCUT2D eigenvalue weighted by Gasteiger charge is -2.17. The van der Waals surface area contributed by atoms with Gasteiger partial charge in [0.15, 0.2) is 0 Å². The van der Waals surface area contributed by atoms with E-state index in [1.54, 1.807) is 12.1 Å². The number of rotatable bonds is 1. The topological polar surface area (TPSA) is 75.4 Å². The van der Waals surface area contributed by atoms with Gasteiger partial charge in [-0.2, -0.15) is 0 Å². The number of carbonyl (C=O) groups is 1. The van der Waals surface area contributed by atoms with Crippen LogP contribution in [0.2, 0.25) is 0 Å². The van der Waals surface area contributed by atoms with Gasteiger partial charge in [0.1, 0.15) is 10.7 Å². The van der Waals surface area contributed by atoms with Crippen molar-refractivity contribution in [3.8, 4) is 0 Å². The molecule has 0 saturated carbocycles. The summed E-state index contributed by atoms with van der Waals surface area (Å²) in [6.45, 7) is 0. The molecule has 4 nitrogen and oxygen atoms in total. The molecule has 1 amide bonds. The van der Waals surface area contributed by atoms with Gasteiger partial charge in [-0.05, 0) is 24.1 Å². The summed E-state index contributed by atoms with van der Waals surface area (Å²) >= 11 is 1.03. The van der Waals surface area contributed by atoms with E-state index < -0.39 is 5.91 Å². The van der Waals surface area contributed by atoms with Crippen molar-refractivity contribution in [2.24, 2.45) is 5.73 Å². The predicted molar refractivity (Wildman–Crippen MR) is 56.4 cm³/mol. The number of para-hydroxylation sites is 1. The highest BCUT2D eigenvalue weighted by molar-refractivity contribution is 8.05. The number of carbonyl (C=O) groups excluding carboxylic acids is 1. The van der Waals surface area contributed by atoms with E-state index in [1.807, 2.05) is 12.1 Å². The third-order valence-electron chi connectivity index (χ3n) is 1.88. The average molecular weight is 208 g/mol. The molecule has 5 heteroatoms. The number of nitrogens with two attached hydrogens (primary N) is 1. The number of aliphatic hydroxyl groups excluding tert-OH is 1. The predicted octanol–water partition coefficient (Wildman–Crippen LogP) is 1.47. The molecule has 0 radical (unpaired) electrons. The van der Waals surface area contributed by atoms with Crippen molar-refractivity contribution in [2.45, 2.75) is 0 Å². The molecule has 0 aliphatic carbocycles. The van der Waals surface area contributed by atoms with Crippen LogP contribution < -0.4 is 10.5 Å². The molecule has 0 saturated heterocycles. The molecule has 1 aliphatic rings. The van der Waals surface area contributed by atoms with Crippen molar-refractivity contribution in [3.63, 3.8) is 0 Å². The van der Waals surface area contributed by atoms with Gasteiger partial charge in [-0.25, -0.2) is 0 Å². The van der Waals surface area contributed by atoms with Crippen LogP contribution in [0.15, 0.2) is 29.2 Å². The van der Waals surface area contributed by atoms with E-state index in [-0.39, 0.29) is 10.7 Å². The Hall–Kier alpha value is -1.62. The van der Waals surface area contributed by atoms with Gasteiger partial charge in [0.25, 0.3) is 5.91 Å². The molecule has 1 aliphatic heterocycles. The fraction of sp³-hybridized carbons (Fsp3) is 0. The highest BCUT2D eigenvalue weighted by atomic mass is 32.2. The molecule has 1 aromatic rings. The summed E-state index contributed by atoms with van der Waals surface area (Å²) in [5, 5.41) is 9.71. The summed E-state index contributed by atoms with van der Waals surface area (Å²) in [4.78, 5) is 11.1. The van der Waals surface area contributed by atoms with E-state index in [2.05, 4.69) is 4.72 Å². The lowest BCUT2D eigenvalue weighted by molar-refractivity contribution is -0.113. The summed E-state index contributed by atoms with van der Waals surface area (Å²) in [7, 11) is 0. The summed E-state index contributed by atoms with van der Waals surface area (Å²) in [6.07, 6.45) is 0. The van der Waals surface area contributed by atoms with Gasteiger partial charge < -0.3 is 15.6 Å². The highest BCUT2D eigenvalue weighted by Gasteiger charge is 2.21. The maximum atomic E-state index is 10.9. The minimum absolute atomic E-state index is 0.0585. The third-order valence-corrected chi connectivity index (χ3v) is 2.80. The molecule has 0 aromatic heterocycles. The van der Waals surface area contributed by atoms with Gasteiger partial charge >= 0.3 is 0 Å². The molecule has 2 rings (SSSR count). The van der Waals surface area contributed by atoms with E-state index in [1.165, 1.54) is 0 Å². The van der Waals surface area contributed by atoms with Crippen molar-refractivity contribution < 1.29 is 9.90 Å². The standard InChI is InChI=1S/C9H8N2O2S/c10-9(13)8-7(12)5-3-1-2-4-6(5)11-14-8/h1-4,11-12H,(H2,10,13). The van der Waals surface area contributed by atoms with Gasteiger partial charge in [-0.3, -0.25) is 4.79 Å². The quantitative estimate of drug-likeness (QED) is 0.611. The van der Waals surface area contributed by atoms with Crippen LogP contribution in [-0.2, 0) is 4.79 Å². The maximum Gasteiger partial charge on any atom is 0.260 e. The zero-order valence-corrected chi connectivity index (χ0v) is 7.97. The molecular weight excluding hydrogens is 200 g/mol. The Balaban J connectivity index is 2.56. The van der Waals surface area contributed by atoms with E-state index in [9.17, 15) is 9.90 Å². The number of amides is 1. The van der Waals surface area contributed by atoms with E-state index in [0.717, 1.165) is 17.6 Å². The van der Waals surface area contributed by atoms with Crippen LogP contribution in [0.5, 0.6) is 0 Å². The minimum atomic E-state index is -0.630. The molecular formula is C9H8N2O2S. The molecule has 0 spiro atoms. The first-order valence-corrected chi connectivity index (χ1v) is 4.77. The molecule has 0 unspecified atom stereocenters. The molecule has 0 bridgehead atoms. The van der Waals surface area contributed by atoms with Crippen molar-refractivity contribution in [1.82, 2.24) is 0 Å². The Kier molecular flexibility index (Phi) is 2.09. The number of hydrogen-bond donors (Lipinski definition) is 3. The molecule has 1 heterocycles. The number of aliphatic hydroxyl groups is 1. The third kappa shape index (κ3) is 1.31. The molecule has 1 aromatic carbocycles. The van der Waals surface area contributed by atoms with E-state index in [0.29, 0.717) is 5.56 Å². The molecule has 0 fully saturated rings. The molecule has 14 heavy (non-hydrogen) atoms. The second-order valence-corrected chi connectivity index (χ2v) is 3.61. The second kappa shape index (κ2) is 3.26. The first-order valence-electron chi connectivity index (χ1n) is 3.95. The second-order valence-electron chi connectivity index (χ2n) is 2.79. The van der Waals surface area contributed by atoms with Gasteiger partial charge in [0.05, 0.1) is 5.69 Å². The Morgan fingerprint density at radius 2 is 2.14 bits per heavy atom. The Morgan fingerprint density at radius 1 is 1.43 bits per heavy atom. The highest BCUT2D eigenvalue weighted by Crippen LogP contribution is 2.36. The summed E-state index contributed by atoms with van der Waals surface area (Å²) in [6, 6.07) is 7.16.